The summed E-state index contributed by atoms with van der Waals surface area (Å²) in [6.45, 7) is 9.37. The predicted octanol–water partition coefficient (Wildman–Crippen LogP) is 3.75. The number of carbonyl (C=O) groups excluding carboxylic acids is 3. The summed E-state index contributed by atoms with van der Waals surface area (Å²) in [5.41, 5.74) is 3.94. The number of ether oxygens (including phenoxy) is 1. The Bertz CT molecular complexity index is 1050. The molecule has 1 fully saturated rings. The number of aryl methyl sites for hydroxylation is 1. The molecule has 1 N–H and O–H groups in total. The van der Waals surface area contributed by atoms with E-state index in [1.54, 1.807) is 18.2 Å². The van der Waals surface area contributed by atoms with Gasteiger partial charge in [0.2, 0.25) is 0 Å². The highest BCUT2D eigenvalue weighted by Crippen LogP contribution is 2.31. The average molecular weight is 424 g/mol. The van der Waals surface area contributed by atoms with Gasteiger partial charge in [0.15, 0.2) is 12.4 Å². The van der Waals surface area contributed by atoms with E-state index in [1.165, 1.54) is 0 Å². The topological polar surface area (TPSA) is 80.6 Å². The van der Waals surface area contributed by atoms with Gasteiger partial charge in [0.25, 0.3) is 11.8 Å². The zero-order valence-corrected chi connectivity index (χ0v) is 18.5. The number of aromatic nitrogens is 1. The van der Waals surface area contributed by atoms with Gasteiger partial charge in [-0.15, -0.1) is 0 Å². The highest BCUT2D eigenvalue weighted by atomic mass is 16.5. The zero-order valence-electron chi connectivity index (χ0n) is 18.5. The van der Waals surface area contributed by atoms with Crippen LogP contribution in [0.4, 0.5) is 5.69 Å². The number of amides is 2. The summed E-state index contributed by atoms with van der Waals surface area (Å²) < 4.78 is 7.55. The van der Waals surface area contributed by atoms with Crippen LogP contribution >= 0.6 is 0 Å². The molecule has 164 valence electrons. The van der Waals surface area contributed by atoms with E-state index >= 15 is 0 Å². The van der Waals surface area contributed by atoms with Gasteiger partial charge in [-0.2, -0.15) is 0 Å². The molecule has 0 bridgehead atoms. The molecule has 0 radical (unpaired) electrons. The molecule has 4 rings (SSSR count). The number of nitrogens with zero attached hydrogens (tertiary/aromatic N) is 2. The number of fused-ring (bicyclic) bond motifs is 1. The molecule has 0 saturated carbocycles. The molecule has 7 heteroatoms. The number of piperidine rings is 1. The van der Waals surface area contributed by atoms with Crippen molar-refractivity contribution in [3.05, 3.63) is 46.8 Å². The molecule has 0 aliphatic carbocycles. The molecule has 3 heterocycles. The fourth-order valence-corrected chi connectivity index (χ4v) is 4.78. The fourth-order valence-electron chi connectivity index (χ4n) is 4.78. The van der Waals surface area contributed by atoms with E-state index in [1.807, 2.05) is 24.8 Å². The second kappa shape index (κ2) is 8.21. The highest BCUT2D eigenvalue weighted by molar-refractivity contribution is 6.02. The monoisotopic (exact) mass is 423 g/mol. The average Bonchev–Trinajstić information content (AvgIpc) is 3.06. The maximum absolute atomic E-state index is 13.1. The van der Waals surface area contributed by atoms with Crippen LogP contribution in [0.5, 0.6) is 5.75 Å². The van der Waals surface area contributed by atoms with Crippen LogP contribution in [0.1, 0.15) is 64.8 Å². The van der Waals surface area contributed by atoms with E-state index < -0.39 is 0 Å². The third-order valence-corrected chi connectivity index (χ3v) is 6.28. The molecule has 1 aromatic carbocycles. The smallest absolute Gasteiger partial charge is 0.262 e. The first kappa shape index (κ1) is 21.2. The van der Waals surface area contributed by atoms with Crippen molar-refractivity contribution in [2.24, 2.45) is 5.92 Å². The second-order valence-electron chi connectivity index (χ2n) is 8.73. The van der Waals surface area contributed by atoms with Crippen molar-refractivity contribution in [2.75, 3.05) is 25.0 Å². The van der Waals surface area contributed by atoms with Crippen LogP contribution in [0, 0.1) is 19.8 Å². The SMILES string of the molecule is Cc1cc(C(=O)N2CCC(C(=O)c3ccc4c(c3)NC(=O)CO4)CC2)c(C)n1C(C)C. The molecule has 31 heavy (non-hydrogen) atoms. The van der Waals surface area contributed by atoms with E-state index in [0.717, 1.165) is 17.0 Å². The van der Waals surface area contributed by atoms with Gasteiger partial charge in [0.05, 0.1) is 11.3 Å². The molecule has 2 aliphatic rings. The van der Waals surface area contributed by atoms with Crippen molar-refractivity contribution in [3.63, 3.8) is 0 Å². The number of hydrogen-bond acceptors (Lipinski definition) is 4. The maximum atomic E-state index is 13.1. The number of rotatable bonds is 4. The summed E-state index contributed by atoms with van der Waals surface area (Å²) >= 11 is 0. The normalized spacial score (nSPS) is 16.7. The molecule has 0 spiro atoms. The lowest BCUT2D eigenvalue weighted by Crippen LogP contribution is -2.40. The van der Waals surface area contributed by atoms with Crippen molar-refractivity contribution < 1.29 is 19.1 Å². The number of benzene rings is 1. The van der Waals surface area contributed by atoms with Crippen molar-refractivity contribution in [1.29, 1.82) is 0 Å². The number of likely N-dealkylation sites (tertiary alicyclic amines) is 1. The largest absolute Gasteiger partial charge is 0.482 e. The summed E-state index contributed by atoms with van der Waals surface area (Å²) in [7, 11) is 0. The van der Waals surface area contributed by atoms with Gasteiger partial charge in [0.1, 0.15) is 5.75 Å². The lowest BCUT2D eigenvalue weighted by Gasteiger charge is -2.31. The van der Waals surface area contributed by atoms with Crippen LogP contribution in [0.3, 0.4) is 0 Å². The molecule has 1 saturated heterocycles. The number of nitrogens with one attached hydrogen (secondary N) is 1. The third kappa shape index (κ3) is 3.96. The van der Waals surface area contributed by atoms with Gasteiger partial charge >= 0.3 is 0 Å². The van der Waals surface area contributed by atoms with Crippen molar-refractivity contribution in [1.82, 2.24) is 9.47 Å². The molecule has 2 aromatic rings. The molecule has 2 amide bonds. The molecule has 0 unspecified atom stereocenters. The van der Waals surface area contributed by atoms with E-state index in [9.17, 15) is 14.4 Å². The number of hydrogen-bond donors (Lipinski definition) is 1. The van der Waals surface area contributed by atoms with E-state index in [-0.39, 0.29) is 30.1 Å². The standard InChI is InChI=1S/C24H29N3O4/c1-14(2)27-15(3)11-19(16(27)4)24(30)26-9-7-17(8-10-26)23(29)18-5-6-21-20(12-18)25-22(28)13-31-21/h5-6,11-12,14,17H,7-10,13H2,1-4H3,(H,25,28). The molecular weight excluding hydrogens is 394 g/mol. The molecular formula is C24H29N3O4. The Morgan fingerprint density at radius 2 is 1.84 bits per heavy atom. The van der Waals surface area contributed by atoms with Gasteiger partial charge in [0, 0.05) is 42.0 Å². The van der Waals surface area contributed by atoms with E-state index in [2.05, 4.69) is 23.7 Å². The van der Waals surface area contributed by atoms with Crippen molar-refractivity contribution in [2.45, 2.75) is 46.6 Å². The summed E-state index contributed by atoms with van der Waals surface area (Å²) in [6.07, 6.45) is 1.26. The Morgan fingerprint density at radius 3 is 2.48 bits per heavy atom. The first-order chi connectivity index (χ1) is 14.8. The Morgan fingerprint density at radius 1 is 1.13 bits per heavy atom. The summed E-state index contributed by atoms with van der Waals surface area (Å²) in [6, 6.07) is 7.43. The number of anilines is 1. The van der Waals surface area contributed by atoms with Gasteiger partial charge in [-0.3, -0.25) is 14.4 Å². The van der Waals surface area contributed by atoms with E-state index in [4.69, 9.17) is 4.74 Å². The number of ketones is 1. The zero-order chi connectivity index (χ0) is 22.3. The summed E-state index contributed by atoms with van der Waals surface area (Å²) in [4.78, 5) is 39.6. The van der Waals surface area contributed by atoms with Gasteiger partial charge in [-0.1, -0.05) is 0 Å². The Kier molecular flexibility index (Phi) is 5.60. The quantitative estimate of drug-likeness (QED) is 0.760. The first-order valence-electron chi connectivity index (χ1n) is 10.8. The Balaban J connectivity index is 1.43. The molecule has 2 aliphatic heterocycles. The van der Waals surface area contributed by atoms with Gasteiger partial charge in [-0.05, 0) is 64.8 Å². The van der Waals surface area contributed by atoms with Crippen LogP contribution in [0.15, 0.2) is 24.3 Å². The van der Waals surface area contributed by atoms with Crippen LogP contribution in [0.25, 0.3) is 0 Å². The van der Waals surface area contributed by atoms with Gasteiger partial charge < -0.3 is 19.5 Å². The fraction of sp³-hybridized carbons (Fsp3) is 0.458. The third-order valence-electron chi connectivity index (χ3n) is 6.28. The first-order valence-corrected chi connectivity index (χ1v) is 10.8. The Labute approximate surface area is 182 Å². The van der Waals surface area contributed by atoms with Crippen LogP contribution in [0.2, 0.25) is 0 Å². The van der Waals surface area contributed by atoms with Crippen LogP contribution in [-0.4, -0.2) is 46.8 Å². The highest BCUT2D eigenvalue weighted by Gasteiger charge is 2.30. The van der Waals surface area contributed by atoms with Crippen molar-refractivity contribution in [3.8, 4) is 5.75 Å². The van der Waals surface area contributed by atoms with Crippen molar-refractivity contribution >= 4 is 23.3 Å². The lowest BCUT2D eigenvalue weighted by molar-refractivity contribution is -0.118. The summed E-state index contributed by atoms with van der Waals surface area (Å²) in [5.74, 6) is 0.314. The molecule has 1 aromatic heterocycles. The minimum Gasteiger partial charge on any atom is -0.482 e. The number of carbonyl (C=O) groups is 3. The second-order valence-corrected chi connectivity index (χ2v) is 8.73. The van der Waals surface area contributed by atoms with Gasteiger partial charge in [-0.25, -0.2) is 0 Å². The van der Waals surface area contributed by atoms with Crippen LogP contribution in [-0.2, 0) is 4.79 Å². The maximum Gasteiger partial charge on any atom is 0.262 e. The lowest BCUT2D eigenvalue weighted by atomic mass is 9.88. The predicted molar refractivity (Wildman–Crippen MR) is 118 cm³/mol. The molecule has 0 atom stereocenters. The summed E-state index contributed by atoms with van der Waals surface area (Å²) in [5, 5.41) is 2.75. The minimum absolute atomic E-state index is 0.00761. The number of Topliss-reactive ketones (excluding diaryl/α,β-unsaturated/α-hetero) is 1. The minimum atomic E-state index is -0.222. The Hall–Kier alpha value is -3.09. The van der Waals surface area contributed by atoms with E-state index in [0.29, 0.717) is 49.0 Å². The molecule has 7 nitrogen and oxygen atoms in total. The van der Waals surface area contributed by atoms with Crippen LogP contribution < -0.4 is 10.1 Å².